The molecule has 0 aromatic heterocycles. The molecule has 0 amide bonds. The number of hydrogen-bond donors (Lipinski definition) is 0. The van der Waals surface area contributed by atoms with Crippen LogP contribution in [-0.4, -0.2) is 0 Å². The lowest BCUT2D eigenvalue weighted by Crippen LogP contribution is -2.31. The average molecular weight is 477 g/mol. The molecule has 1 unspecified atom stereocenters. The van der Waals surface area contributed by atoms with Crippen LogP contribution in [-0.2, 0) is 27.1 Å². The van der Waals surface area contributed by atoms with Crippen LogP contribution in [0.5, 0.6) is 0 Å². The maximum absolute atomic E-state index is 2.50. The van der Waals surface area contributed by atoms with Gasteiger partial charge in [0.2, 0.25) is 0 Å². The van der Waals surface area contributed by atoms with Crippen molar-refractivity contribution >= 4 is 0 Å². The molecule has 35 heavy (non-hydrogen) atoms. The Morgan fingerprint density at radius 2 is 0.886 bits per heavy atom. The van der Waals surface area contributed by atoms with Crippen molar-refractivity contribution in [3.8, 4) is 0 Å². The minimum absolute atomic E-state index is 0.0468. The molecule has 2 rings (SSSR count). The molecule has 0 heteroatoms. The summed E-state index contributed by atoms with van der Waals surface area (Å²) < 4.78 is 0. The molecular formula is C35H56. The lowest BCUT2D eigenvalue weighted by Gasteiger charge is -2.41. The first-order chi connectivity index (χ1) is 15.5. The Kier molecular flexibility index (Phi) is 7.96. The molecular weight excluding hydrogens is 420 g/mol. The topological polar surface area (TPSA) is 0 Å². The van der Waals surface area contributed by atoms with E-state index in [-0.39, 0.29) is 27.1 Å². The minimum atomic E-state index is 0.0468. The fraction of sp³-hybridized carbons (Fsp3) is 0.657. The van der Waals surface area contributed by atoms with E-state index in [1.165, 1.54) is 22.3 Å². The van der Waals surface area contributed by atoms with Crippen molar-refractivity contribution in [2.75, 3.05) is 0 Å². The predicted octanol–water partition coefficient (Wildman–Crippen LogP) is 10.7. The predicted molar refractivity (Wildman–Crippen MR) is 159 cm³/mol. The zero-order valence-corrected chi connectivity index (χ0v) is 26.2. The van der Waals surface area contributed by atoms with Crippen LogP contribution in [0.2, 0.25) is 0 Å². The van der Waals surface area contributed by atoms with Crippen LogP contribution in [0.3, 0.4) is 0 Å². The van der Waals surface area contributed by atoms with Crippen LogP contribution < -0.4 is 0 Å². The second kappa shape index (κ2) is 9.39. The van der Waals surface area contributed by atoms with Gasteiger partial charge in [-0.05, 0) is 72.4 Å². The summed E-state index contributed by atoms with van der Waals surface area (Å²) in [6.45, 7) is 38.2. The molecule has 0 fully saturated rings. The molecule has 0 saturated carbocycles. The lowest BCUT2D eigenvalue weighted by molar-refractivity contribution is 0.489. The first kappa shape index (κ1) is 29.7. The van der Waals surface area contributed by atoms with Gasteiger partial charge in [0, 0.05) is 5.92 Å². The average Bonchev–Trinajstić information content (AvgIpc) is 2.64. The summed E-state index contributed by atoms with van der Waals surface area (Å²) in [5.74, 6) is 0.365. The standard InChI is InChI=1S/C35H56/c1-17-23(28-25(31(2,3)4)19-18-20-26(28)32(5,6)7)24-21-22-27(33(8,9)10)30(35(14,15)16)29(24)34(11,12)13/h18-23H,17H2,1-16H3. The Bertz CT molecular complexity index is 996. The van der Waals surface area contributed by atoms with Gasteiger partial charge in [-0.3, -0.25) is 0 Å². The van der Waals surface area contributed by atoms with Gasteiger partial charge in [-0.1, -0.05) is 141 Å². The molecule has 2 aromatic rings. The van der Waals surface area contributed by atoms with Crippen molar-refractivity contribution in [3.63, 3.8) is 0 Å². The highest BCUT2D eigenvalue weighted by atomic mass is 14.4. The molecule has 0 heterocycles. The van der Waals surface area contributed by atoms with Crippen molar-refractivity contribution in [2.45, 2.75) is 150 Å². The van der Waals surface area contributed by atoms with Crippen LogP contribution >= 0.6 is 0 Å². The van der Waals surface area contributed by atoms with E-state index in [0.717, 1.165) is 6.42 Å². The molecule has 0 bridgehead atoms. The summed E-state index contributed by atoms with van der Waals surface area (Å²) in [4.78, 5) is 0. The van der Waals surface area contributed by atoms with Gasteiger partial charge in [0.05, 0.1) is 0 Å². The summed E-state index contributed by atoms with van der Waals surface area (Å²) in [5.41, 5.74) is 11.1. The van der Waals surface area contributed by atoms with Crippen molar-refractivity contribution in [3.05, 3.63) is 69.3 Å². The first-order valence-corrected chi connectivity index (χ1v) is 13.8. The maximum Gasteiger partial charge on any atom is 0.00956 e. The number of hydrogen-bond acceptors (Lipinski definition) is 0. The quantitative estimate of drug-likeness (QED) is 0.413. The van der Waals surface area contributed by atoms with Gasteiger partial charge in [0.25, 0.3) is 0 Å². The van der Waals surface area contributed by atoms with Crippen LogP contribution in [0.1, 0.15) is 162 Å². The molecule has 0 aliphatic heterocycles. The van der Waals surface area contributed by atoms with Gasteiger partial charge in [-0.2, -0.15) is 0 Å². The summed E-state index contributed by atoms with van der Waals surface area (Å²) in [5, 5.41) is 0. The van der Waals surface area contributed by atoms with E-state index >= 15 is 0 Å². The highest BCUT2D eigenvalue weighted by Gasteiger charge is 2.37. The molecule has 0 nitrogen and oxygen atoms in total. The van der Waals surface area contributed by atoms with Crippen molar-refractivity contribution < 1.29 is 0 Å². The van der Waals surface area contributed by atoms with Gasteiger partial charge in [-0.15, -0.1) is 0 Å². The Hall–Kier alpha value is -1.56. The van der Waals surface area contributed by atoms with E-state index in [4.69, 9.17) is 0 Å². The lowest BCUT2D eigenvalue weighted by atomic mass is 9.64. The van der Waals surface area contributed by atoms with E-state index < -0.39 is 0 Å². The molecule has 2 aromatic carbocycles. The summed E-state index contributed by atoms with van der Waals surface area (Å²) in [6.07, 6.45) is 1.09. The van der Waals surface area contributed by atoms with Crippen molar-refractivity contribution in [1.29, 1.82) is 0 Å². The smallest absolute Gasteiger partial charge is 0.00956 e. The molecule has 0 aliphatic carbocycles. The molecule has 0 N–H and O–H groups in total. The van der Waals surface area contributed by atoms with E-state index in [2.05, 4.69) is 141 Å². The van der Waals surface area contributed by atoms with Gasteiger partial charge in [0.15, 0.2) is 0 Å². The summed E-state index contributed by atoms with van der Waals surface area (Å²) >= 11 is 0. The van der Waals surface area contributed by atoms with E-state index in [1.807, 2.05) is 0 Å². The van der Waals surface area contributed by atoms with Gasteiger partial charge in [0.1, 0.15) is 0 Å². The van der Waals surface area contributed by atoms with Gasteiger partial charge in [-0.25, -0.2) is 0 Å². The van der Waals surface area contributed by atoms with E-state index in [1.54, 1.807) is 16.7 Å². The second-order valence-corrected chi connectivity index (χ2v) is 15.9. The molecule has 0 aliphatic rings. The van der Waals surface area contributed by atoms with Gasteiger partial charge < -0.3 is 0 Å². The Balaban J connectivity index is 3.15. The Morgan fingerprint density at radius 3 is 1.20 bits per heavy atom. The van der Waals surface area contributed by atoms with Crippen LogP contribution in [0, 0.1) is 0 Å². The summed E-state index contributed by atoms with van der Waals surface area (Å²) in [6, 6.07) is 12.0. The van der Waals surface area contributed by atoms with Crippen LogP contribution in [0.4, 0.5) is 0 Å². The molecule has 0 spiro atoms. The van der Waals surface area contributed by atoms with Crippen molar-refractivity contribution in [1.82, 2.24) is 0 Å². The maximum atomic E-state index is 2.50. The fourth-order valence-electron chi connectivity index (χ4n) is 5.95. The van der Waals surface area contributed by atoms with E-state index in [0.29, 0.717) is 5.92 Å². The van der Waals surface area contributed by atoms with Crippen molar-refractivity contribution in [2.24, 2.45) is 0 Å². The Morgan fingerprint density at radius 1 is 0.486 bits per heavy atom. The van der Waals surface area contributed by atoms with Gasteiger partial charge >= 0.3 is 0 Å². The molecule has 0 radical (unpaired) electrons. The number of rotatable bonds is 3. The zero-order valence-electron chi connectivity index (χ0n) is 26.2. The molecule has 1 atom stereocenters. The largest absolute Gasteiger partial charge is 0.0645 e. The monoisotopic (exact) mass is 476 g/mol. The normalized spacial score (nSPS) is 14.9. The third kappa shape index (κ3) is 6.23. The highest BCUT2D eigenvalue weighted by molar-refractivity contribution is 5.56. The van der Waals surface area contributed by atoms with E-state index in [9.17, 15) is 0 Å². The number of benzene rings is 2. The summed E-state index contributed by atoms with van der Waals surface area (Å²) in [7, 11) is 0. The second-order valence-electron chi connectivity index (χ2n) is 15.9. The molecule has 0 saturated heterocycles. The minimum Gasteiger partial charge on any atom is -0.0645 e. The first-order valence-electron chi connectivity index (χ1n) is 13.8. The molecule has 196 valence electrons. The highest BCUT2D eigenvalue weighted by Crippen LogP contribution is 2.48. The SMILES string of the molecule is CCC(c1ccc(C(C)(C)C)c(C(C)(C)C)c1C(C)(C)C)c1c(C(C)(C)C)cccc1C(C)(C)C. The fourth-order valence-corrected chi connectivity index (χ4v) is 5.95. The third-order valence-electron chi connectivity index (χ3n) is 7.40. The van der Waals surface area contributed by atoms with Crippen LogP contribution in [0.25, 0.3) is 0 Å². The van der Waals surface area contributed by atoms with Crippen LogP contribution in [0.15, 0.2) is 30.3 Å². The Labute approximate surface area is 219 Å². The third-order valence-corrected chi connectivity index (χ3v) is 7.40. The zero-order chi connectivity index (χ0) is 27.4.